The van der Waals surface area contributed by atoms with Crippen molar-refractivity contribution >= 4 is 5.78 Å². The topological polar surface area (TPSA) is 65.7 Å². The number of Topliss-reactive ketones (excluding diaryl/α,β-unsaturated/α-hetero) is 1. The van der Waals surface area contributed by atoms with Gasteiger partial charge in [-0.1, -0.05) is 19.8 Å². The van der Waals surface area contributed by atoms with Crippen LogP contribution in [0.5, 0.6) is 0 Å². The van der Waals surface area contributed by atoms with E-state index in [0.717, 1.165) is 19.3 Å². The summed E-state index contributed by atoms with van der Waals surface area (Å²) >= 11 is 0. The SMILES string of the molecule is CCCCCC(=O)c1c[nH]c(=O)[nH]1. The van der Waals surface area contributed by atoms with Crippen molar-refractivity contribution in [2.45, 2.75) is 32.6 Å². The molecule has 0 amide bonds. The van der Waals surface area contributed by atoms with Crippen LogP contribution in [0.25, 0.3) is 0 Å². The van der Waals surface area contributed by atoms with Gasteiger partial charge in [-0.3, -0.25) is 4.79 Å². The minimum absolute atomic E-state index is 0.00630. The molecule has 0 unspecified atom stereocenters. The Labute approximate surface area is 76.4 Å². The Balaban J connectivity index is 2.44. The monoisotopic (exact) mass is 182 g/mol. The smallest absolute Gasteiger partial charge is 0.312 e. The van der Waals surface area contributed by atoms with Crippen molar-refractivity contribution in [1.82, 2.24) is 9.97 Å². The summed E-state index contributed by atoms with van der Waals surface area (Å²) in [4.78, 5) is 26.9. The van der Waals surface area contributed by atoms with E-state index in [4.69, 9.17) is 0 Å². The van der Waals surface area contributed by atoms with Crippen LogP contribution >= 0.6 is 0 Å². The maximum absolute atomic E-state index is 11.3. The number of hydrogen-bond donors (Lipinski definition) is 2. The number of nitrogens with one attached hydrogen (secondary N) is 2. The Morgan fingerprint density at radius 2 is 2.23 bits per heavy atom. The molecule has 0 saturated carbocycles. The third-order valence-electron chi connectivity index (χ3n) is 1.90. The summed E-state index contributed by atoms with van der Waals surface area (Å²) in [7, 11) is 0. The first-order valence-corrected chi connectivity index (χ1v) is 4.55. The van der Waals surface area contributed by atoms with Crippen LogP contribution < -0.4 is 5.69 Å². The molecule has 0 spiro atoms. The van der Waals surface area contributed by atoms with Crippen molar-refractivity contribution in [3.05, 3.63) is 22.4 Å². The molecule has 0 fully saturated rings. The van der Waals surface area contributed by atoms with E-state index in [-0.39, 0.29) is 11.5 Å². The number of unbranched alkanes of at least 4 members (excludes halogenated alkanes) is 2. The number of carbonyl (C=O) groups excluding carboxylic acids is 1. The number of carbonyl (C=O) groups is 1. The molecule has 1 rings (SSSR count). The zero-order chi connectivity index (χ0) is 9.68. The minimum atomic E-state index is -0.321. The van der Waals surface area contributed by atoms with E-state index in [1.54, 1.807) is 0 Å². The largest absolute Gasteiger partial charge is 0.323 e. The van der Waals surface area contributed by atoms with Gasteiger partial charge in [0.05, 0.1) is 0 Å². The highest BCUT2D eigenvalue weighted by atomic mass is 16.1. The van der Waals surface area contributed by atoms with E-state index in [9.17, 15) is 9.59 Å². The number of rotatable bonds is 5. The highest BCUT2D eigenvalue weighted by Gasteiger charge is 2.06. The molecule has 1 aromatic heterocycles. The second kappa shape index (κ2) is 4.64. The molecule has 0 aliphatic rings. The molecular weight excluding hydrogens is 168 g/mol. The summed E-state index contributed by atoms with van der Waals surface area (Å²) in [5, 5.41) is 0. The van der Waals surface area contributed by atoms with Gasteiger partial charge in [-0.15, -0.1) is 0 Å². The van der Waals surface area contributed by atoms with Gasteiger partial charge in [-0.05, 0) is 6.42 Å². The number of hydrogen-bond acceptors (Lipinski definition) is 2. The van der Waals surface area contributed by atoms with Crippen LogP contribution in [0.3, 0.4) is 0 Å². The Bertz CT molecular complexity index is 324. The molecule has 0 atom stereocenters. The molecule has 0 bridgehead atoms. The van der Waals surface area contributed by atoms with Gasteiger partial charge in [-0.2, -0.15) is 0 Å². The predicted molar refractivity (Wildman–Crippen MR) is 49.9 cm³/mol. The van der Waals surface area contributed by atoms with Gasteiger partial charge >= 0.3 is 5.69 Å². The van der Waals surface area contributed by atoms with Crippen molar-refractivity contribution in [3.63, 3.8) is 0 Å². The molecule has 1 aromatic rings. The van der Waals surface area contributed by atoms with Crippen LogP contribution in [0.2, 0.25) is 0 Å². The lowest BCUT2D eigenvalue weighted by atomic mass is 10.1. The van der Waals surface area contributed by atoms with Gasteiger partial charge in [0, 0.05) is 12.6 Å². The normalized spacial score (nSPS) is 10.2. The Hall–Kier alpha value is -1.32. The van der Waals surface area contributed by atoms with Crippen LogP contribution in [0.1, 0.15) is 43.1 Å². The second-order valence-corrected chi connectivity index (χ2v) is 3.04. The van der Waals surface area contributed by atoms with Crippen LogP contribution in [-0.4, -0.2) is 15.8 Å². The van der Waals surface area contributed by atoms with Gasteiger partial charge < -0.3 is 9.97 Å². The first-order valence-electron chi connectivity index (χ1n) is 4.55. The zero-order valence-electron chi connectivity index (χ0n) is 7.72. The Kier molecular flexibility index (Phi) is 3.49. The molecule has 2 N–H and O–H groups in total. The van der Waals surface area contributed by atoms with Crippen molar-refractivity contribution in [3.8, 4) is 0 Å². The summed E-state index contributed by atoms with van der Waals surface area (Å²) in [6, 6.07) is 0. The lowest BCUT2D eigenvalue weighted by Gasteiger charge is -1.95. The quantitative estimate of drug-likeness (QED) is 0.535. The van der Waals surface area contributed by atoms with E-state index < -0.39 is 0 Å². The standard InChI is InChI=1S/C9H14N2O2/c1-2-3-4-5-8(12)7-6-10-9(13)11-7/h6H,2-5H2,1H3,(H2,10,11,13). The molecule has 0 aliphatic carbocycles. The molecule has 0 aliphatic heterocycles. The van der Waals surface area contributed by atoms with E-state index in [1.165, 1.54) is 6.20 Å². The molecule has 4 heteroatoms. The highest BCUT2D eigenvalue weighted by Crippen LogP contribution is 2.03. The summed E-state index contributed by atoms with van der Waals surface area (Å²) < 4.78 is 0. The van der Waals surface area contributed by atoms with Crippen LogP contribution in [0.4, 0.5) is 0 Å². The third kappa shape index (κ3) is 2.89. The fourth-order valence-corrected chi connectivity index (χ4v) is 1.15. The van der Waals surface area contributed by atoms with Gasteiger partial charge in [0.1, 0.15) is 5.69 Å². The van der Waals surface area contributed by atoms with Crippen molar-refractivity contribution in [1.29, 1.82) is 0 Å². The predicted octanol–water partition coefficient (Wildman–Crippen LogP) is 1.47. The van der Waals surface area contributed by atoms with Gasteiger partial charge in [0.25, 0.3) is 0 Å². The molecule has 0 aromatic carbocycles. The molecule has 72 valence electrons. The minimum Gasteiger partial charge on any atom is -0.312 e. The molecule has 13 heavy (non-hydrogen) atoms. The number of H-pyrrole nitrogens is 2. The average Bonchev–Trinajstić information content (AvgIpc) is 2.52. The maximum atomic E-state index is 11.3. The first kappa shape index (κ1) is 9.77. The fraction of sp³-hybridized carbons (Fsp3) is 0.556. The van der Waals surface area contributed by atoms with Crippen LogP contribution in [-0.2, 0) is 0 Å². The summed E-state index contributed by atoms with van der Waals surface area (Å²) in [6.45, 7) is 2.09. The highest BCUT2D eigenvalue weighted by molar-refractivity contribution is 5.93. The van der Waals surface area contributed by atoms with E-state index in [0.29, 0.717) is 12.1 Å². The van der Waals surface area contributed by atoms with Crippen molar-refractivity contribution in [2.75, 3.05) is 0 Å². The first-order chi connectivity index (χ1) is 6.24. The van der Waals surface area contributed by atoms with E-state index in [1.807, 2.05) is 0 Å². The van der Waals surface area contributed by atoms with E-state index in [2.05, 4.69) is 16.9 Å². The van der Waals surface area contributed by atoms with Gasteiger partial charge in [0.2, 0.25) is 0 Å². The molecule has 1 heterocycles. The van der Waals surface area contributed by atoms with Crippen molar-refractivity contribution < 1.29 is 4.79 Å². The zero-order valence-corrected chi connectivity index (χ0v) is 7.72. The summed E-state index contributed by atoms with van der Waals surface area (Å²) in [5.74, 6) is 0.00630. The average molecular weight is 182 g/mol. The number of imidazole rings is 1. The number of aromatic nitrogens is 2. The van der Waals surface area contributed by atoms with Crippen LogP contribution in [0, 0.1) is 0 Å². The Morgan fingerprint density at radius 3 is 2.77 bits per heavy atom. The van der Waals surface area contributed by atoms with E-state index >= 15 is 0 Å². The molecule has 0 radical (unpaired) electrons. The third-order valence-corrected chi connectivity index (χ3v) is 1.90. The summed E-state index contributed by atoms with van der Waals surface area (Å²) in [6.07, 6.45) is 4.98. The molecule has 0 saturated heterocycles. The Morgan fingerprint density at radius 1 is 1.46 bits per heavy atom. The van der Waals surface area contributed by atoms with Crippen molar-refractivity contribution in [2.24, 2.45) is 0 Å². The number of aromatic amines is 2. The second-order valence-electron chi connectivity index (χ2n) is 3.04. The fourth-order valence-electron chi connectivity index (χ4n) is 1.15. The summed E-state index contributed by atoms with van der Waals surface area (Å²) in [5.41, 5.74) is 0.0694. The maximum Gasteiger partial charge on any atom is 0.323 e. The molecule has 4 nitrogen and oxygen atoms in total. The van der Waals surface area contributed by atoms with Gasteiger partial charge in [-0.25, -0.2) is 4.79 Å². The lowest BCUT2D eigenvalue weighted by molar-refractivity contribution is 0.0975. The lowest BCUT2D eigenvalue weighted by Crippen LogP contribution is -2.05. The van der Waals surface area contributed by atoms with Gasteiger partial charge in [0.15, 0.2) is 5.78 Å². The molecular formula is C9H14N2O2. The number of ketones is 1. The van der Waals surface area contributed by atoms with Crippen LogP contribution in [0.15, 0.2) is 11.0 Å².